The first-order valence-electron chi connectivity index (χ1n) is 9.97. The molecular weight excluding hydrogens is 603 g/mol. The lowest BCUT2D eigenvalue weighted by Gasteiger charge is -2.11. The van der Waals surface area contributed by atoms with Gasteiger partial charge in [0, 0.05) is 16.1 Å². The van der Waals surface area contributed by atoms with Gasteiger partial charge in [0.25, 0.3) is 5.91 Å². The summed E-state index contributed by atoms with van der Waals surface area (Å²) in [4.78, 5) is 25.8. The molecule has 0 saturated heterocycles. The highest BCUT2D eigenvalue weighted by Crippen LogP contribution is 2.65. The van der Waals surface area contributed by atoms with Crippen molar-refractivity contribution >= 4 is 85.5 Å². The second-order valence-corrected chi connectivity index (χ2v) is 10.9. The molecular formula is C24H13BrCl4FN3O2. The van der Waals surface area contributed by atoms with Crippen LogP contribution in [0.5, 0.6) is 0 Å². The van der Waals surface area contributed by atoms with Gasteiger partial charge in [0.2, 0.25) is 5.91 Å². The molecule has 4 rings (SSSR count). The zero-order valence-electron chi connectivity index (χ0n) is 17.4. The number of benzene rings is 3. The number of nitrogens with zero attached hydrogens (tertiary/aromatic N) is 1. The van der Waals surface area contributed by atoms with E-state index in [-0.39, 0.29) is 27.5 Å². The molecule has 178 valence electrons. The van der Waals surface area contributed by atoms with Gasteiger partial charge in [-0.25, -0.2) is 4.39 Å². The van der Waals surface area contributed by atoms with E-state index in [1.54, 1.807) is 18.2 Å². The molecule has 0 aliphatic heterocycles. The maximum absolute atomic E-state index is 13.4. The lowest BCUT2D eigenvalue weighted by Crippen LogP contribution is -2.18. The average molecular weight is 616 g/mol. The fourth-order valence-corrected chi connectivity index (χ4v) is 5.15. The van der Waals surface area contributed by atoms with E-state index in [9.17, 15) is 19.2 Å². The number of anilines is 2. The van der Waals surface area contributed by atoms with Crippen LogP contribution in [0.15, 0.2) is 59.1 Å². The van der Waals surface area contributed by atoms with Gasteiger partial charge in [0.05, 0.1) is 32.8 Å². The minimum absolute atomic E-state index is 0.0349. The Bertz CT molecular complexity index is 1410. The molecule has 0 unspecified atom stereocenters. The van der Waals surface area contributed by atoms with Gasteiger partial charge in [0.15, 0.2) is 0 Å². The van der Waals surface area contributed by atoms with Crippen LogP contribution in [0.2, 0.25) is 10.0 Å². The van der Waals surface area contributed by atoms with E-state index in [4.69, 9.17) is 46.4 Å². The molecule has 35 heavy (non-hydrogen) atoms. The SMILES string of the molecule is N#Cc1cc(F)ccc1NC(=O)c1cc(NC(=O)[C@H]2[C@H](c3ccc(Br)c(Cl)c3)C2(Cl)Cl)ccc1Cl. The molecule has 11 heteroatoms. The Balaban J connectivity index is 1.52. The zero-order chi connectivity index (χ0) is 25.5. The molecule has 0 heterocycles. The van der Waals surface area contributed by atoms with Crippen LogP contribution in [0, 0.1) is 23.1 Å². The van der Waals surface area contributed by atoms with Crippen LogP contribution in [0.1, 0.15) is 27.4 Å². The van der Waals surface area contributed by atoms with E-state index in [0.717, 1.165) is 12.1 Å². The van der Waals surface area contributed by atoms with Crippen LogP contribution in [-0.4, -0.2) is 16.1 Å². The molecule has 0 spiro atoms. The minimum Gasteiger partial charge on any atom is -0.326 e. The number of nitrogens with one attached hydrogen (secondary N) is 2. The second-order valence-electron chi connectivity index (χ2n) is 7.74. The van der Waals surface area contributed by atoms with Crippen molar-refractivity contribution < 1.29 is 14.0 Å². The third-order valence-electron chi connectivity index (χ3n) is 5.47. The number of rotatable bonds is 5. The van der Waals surface area contributed by atoms with Crippen molar-refractivity contribution in [1.29, 1.82) is 5.26 Å². The maximum atomic E-state index is 13.4. The fourth-order valence-electron chi connectivity index (χ4n) is 3.68. The molecule has 1 fully saturated rings. The lowest BCUT2D eigenvalue weighted by molar-refractivity contribution is -0.117. The Morgan fingerprint density at radius 3 is 2.43 bits per heavy atom. The van der Waals surface area contributed by atoms with Gasteiger partial charge in [-0.15, -0.1) is 23.2 Å². The van der Waals surface area contributed by atoms with Gasteiger partial charge >= 0.3 is 0 Å². The van der Waals surface area contributed by atoms with Gasteiger partial charge in [-0.1, -0.05) is 29.3 Å². The molecule has 1 saturated carbocycles. The third-order valence-corrected chi connectivity index (χ3v) is 7.97. The standard InChI is InChI=1S/C24H13BrCl4FN3O2/c25-16-4-1-11(8-18(16)27)20-21(24(20,28)29)23(35)32-14-3-5-17(26)15(9-14)22(34)33-19-6-2-13(30)7-12(19)10-31/h1-9,20-21H,(H,32,35)(H,33,34)/t20-,21+/m0/s1. The van der Waals surface area contributed by atoms with Gasteiger partial charge in [0.1, 0.15) is 16.2 Å². The molecule has 2 N–H and O–H groups in total. The van der Waals surface area contributed by atoms with E-state index in [1.807, 2.05) is 6.07 Å². The van der Waals surface area contributed by atoms with Crippen LogP contribution in [0.25, 0.3) is 0 Å². The molecule has 3 aromatic carbocycles. The van der Waals surface area contributed by atoms with Crippen LogP contribution >= 0.6 is 62.3 Å². The zero-order valence-corrected chi connectivity index (χ0v) is 22.0. The van der Waals surface area contributed by atoms with Gasteiger partial charge in [-0.3, -0.25) is 9.59 Å². The Morgan fingerprint density at radius 2 is 1.74 bits per heavy atom. The van der Waals surface area contributed by atoms with Crippen molar-refractivity contribution in [1.82, 2.24) is 0 Å². The molecule has 1 aliphatic carbocycles. The summed E-state index contributed by atoms with van der Waals surface area (Å²) in [5, 5.41) is 15.0. The molecule has 2 atom stereocenters. The summed E-state index contributed by atoms with van der Waals surface area (Å²) in [5.41, 5.74) is 1.10. The van der Waals surface area contributed by atoms with Crippen molar-refractivity contribution in [2.45, 2.75) is 10.3 Å². The molecule has 2 amide bonds. The third kappa shape index (κ3) is 5.28. The quantitative estimate of drug-likeness (QED) is 0.291. The summed E-state index contributed by atoms with van der Waals surface area (Å²) in [6.07, 6.45) is 0. The van der Waals surface area contributed by atoms with Crippen molar-refractivity contribution in [2.24, 2.45) is 5.92 Å². The van der Waals surface area contributed by atoms with Gasteiger partial charge in [-0.05, 0) is 70.0 Å². The van der Waals surface area contributed by atoms with E-state index in [2.05, 4.69) is 26.6 Å². The first-order chi connectivity index (χ1) is 16.5. The first kappa shape index (κ1) is 25.7. The Kier molecular flexibility index (Phi) is 7.33. The Hall–Kier alpha value is -2.34. The number of hydrogen-bond donors (Lipinski definition) is 2. The van der Waals surface area contributed by atoms with Crippen molar-refractivity contribution in [2.75, 3.05) is 10.6 Å². The Morgan fingerprint density at radius 1 is 1.00 bits per heavy atom. The second kappa shape index (κ2) is 9.96. The number of nitriles is 1. The predicted molar refractivity (Wildman–Crippen MR) is 139 cm³/mol. The number of carbonyl (C=O) groups is 2. The molecule has 5 nitrogen and oxygen atoms in total. The Labute approximate surface area is 228 Å². The number of amides is 2. The summed E-state index contributed by atoms with van der Waals surface area (Å²) in [6.45, 7) is 0. The number of alkyl halides is 2. The molecule has 0 bridgehead atoms. The van der Waals surface area contributed by atoms with E-state index < -0.39 is 33.8 Å². The molecule has 0 aromatic heterocycles. The number of hydrogen-bond acceptors (Lipinski definition) is 3. The fraction of sp³-hybridized carbons (Fsp3) is 0.125. The highest BCUT2D eigenvalue weighted by atomic mass is 79.9. The molecule has 3 aromatic rings. The van der Waals surface area contributed by atoms with Crippen LogP contribution in [0.4, 0.5) is 15.8 Å². The van der Waals surface area contributed by atoms with Crippen LogP contribution in [-0.2, 0) is 4.79 Å². The van der Waals surface area contributed by atoms with Gasteiger partial charge in [-0.2, -0.15) is 5.26 Å². The highest BCUT2D eigenvalue weighted by Gasteiger charge is 2.67. The maximum Gasteiger partial charge on any atom is 0.257 e. The van der Waals surface area contributed by atoms with Crippen molar-refractivity contribution in [3.8, 4) is 6.07 Å². The largest absolute Gasteiger partial charge is 0.326 e. The summed E-state index contributed by atoms with van der Waals surface area (Å²) in [5.74, 6) is -2.94. The summed E-state index contributed by atoms with van der Waals surface area (Å²) in [6, 6.07) is 14.8. The average Bonchev–Trinajstić information content (AvgIpc) is 3.39. The first-order valence-corrected chi connectivity index (χ1v) is 12.3. The topological polar surface area (TPSA) is 82.0 Å². The van der Waals surface area contributed by atoms with Gasteiger partial charge < -0.3 is 10.6 Å². The molecule has 0 radical (unpaired) electrons. The predicted octanol–water partition coefficient (Wildman–Crippen LogP) is 7.54. The van der Waals surface area contributed by atoms with E-state index in [1.165, 1.54) is 24.3 Å². The van der Waals surface area contributed by atoms with Crippen molar-refractivity contribution in [3.05, 3.63) is 91.6 Å². The summed E-state index contributed by atoms with van der Waals surface area (Å²) >= 11 is 28.5. The molecule has 1 aliphatic rings. The van der Waals surface area contributed by atoms with Crippen LogP contribution < -0.4 is 10.6 Å². The lowest BCUT2D eigenvalue weighted by atomic mass is 10.1. The summed E-state index contributed by atoms with van der Waals surface area (Å²) < 4.78 is 12.8. The monoisotopic (exact) mass is 613 g/mol. The normalized spacial score (nSPS) is 17.9. The minimum atomic E-state index is -1.33. The van der Waals surface area contributed by atoms with Crippen molar-refractivity contribution in [3.63, 3.8) is 0 Å². The number of carbonyl (C=O) groups excluding carboxylic acids is 2. The smallest absolute Gasteiger partial charge is 0.257 e. The summed E-state index contributed by atoms with van der Waals surface area (Å²) in [7, 11) is 0. The number of halogens is 6. The van der Waals surface area contributed by atoms with Crippen LogP contribution in [0.3, 0.4) is 0 Å². The van der Waals surface area contributed by atoms with E-state index in [0.29, 0.717) is 15.1 Å². The highest BCUT2D eigenvalue weighted by molar-refractivity contribution is 9.10. The van der Waals surface area contributed by atoms with E-state index >= 15 is 0 Å².